The lowest BCUT2D eigenvalue weighted by atomic mass is 9.84. The van der Waals surface area contributed by atoms with E-state index >= 15 is 0 Å². The van der Waals surface area contributed by atoms with Gasteiger partial charge in [0.05, 0.1) is 5.56 Å². The zero-order valence-electron chi connectivity index (χ0n) is 14.9. The van der Waals surface area contributed by atoms with Crippen molar-refractivity contribution in [2.24, 2.45) is 5.92 Å². The minimum atomic E-state index is -0.0805. The van der Waals surface area contributed by atoms with Crippen LogP contribution in [0.3, 0.4) is 0 Å². The quantitative estimate of drug-likeness (QED) is 0.742. The highest BCUT2D eigenvalue weighted by Crippen LogP contribution is 2.29. The summed E-state index contributed by atoms with van der Waals surface area (Å²) in [7, 11) is 0. The third-order valence-corrected chi connectivity index (χ3v) is 5.57. The summed E-state index contributed by atoms with van der Waals surface area (Å²) < 4.78 is 5.77. The van der Waals surface area contributed by atoms with Gasteiger partial charge >= 0.3 is 0 Å². The molecular formula is C20H21N5O2. The van der Waals surface area contributed by atoms with Crippen molar-refractivity contribution in [3.63, 3.8) is 0 Å². The highest BCUT2D eigenvalue weighted by atomic mass is 16.4. The molecule has 0 radical (unpaired) electrons. The van der Waals surface area contributed by atoms with Crippen LogP contribution in [0.2, 0.25) is 0 Å². The number of fused-ring (bicyclic) bond motifs is 4. The van der Waals surface area contributed by atoms with Crippen LogP contribution in [-0.2, 0) is 0 Å². The Labute approximate surface area is 156 Å². The minimum Gasteiger partial charge on any atom is -0.423 e. The number of hydrogen-bond acceptors (Lipinski definition) is 6. The first kappa shape index (κ1) is 16.3. The molecule has 2 N–H and O–H groups in total. The van der Waals surface area contributed by atoms with Gasteiger partial charge in [-0.25, -0.2) is 0 Å². The largest absolute Gasteiger partial charge is 0.423 e. The number of carbonyl (C=O) groups is 1. The standard InChI is InChI=1S/C20H21N5O2/c26-19(23-16-12-25-10-6-13(16)7-11-25)15-2-1-3-17-18(15)24-20(27-17)22-14-4-8-21-9-5-14/h1-5,8-9,13,16H,6-7,10-12H2,(H,23,26)(H,21,22,24). The molecule has 7 heteroatoms. The van der Waals surface area contributed by atoms with E-state index in [1.165, 1.54) is 12.8 Å². The molecule has 3 aromatic rings. The summed E-state index contributed by atoms with van der Waals surface area (Å²) >= 11 is 0. The lowest BCUT2D eigenvalue weighted by Gasteiger charge is -2.44. The van der Waals surface area contributed by atoms with Gasteiger partial charge in [0.25, 0.3) is 11.9 Å². The molecule has 0 spiro atoms. The molecule has 2 aromatic heterocycles. The number of para-hydroxylation sites is 1. The lowest BCUT2D eigenvalue weighted by Crippen LogP contribution is -2.57. The number of anilines is 2. The van der Waals surface area contributed by atoms with Gasteiger partial charge in [-0.3, -0.25) is 9.78 Å². The Morgan fingerprint density at radius 3 is 2.70 bits per heavy atom. The average molecular weight is 363 g/mol. The molecule has 7 nitrogen and oxygen atoms in total. The van der Waals surface area contributed by atoms with Crippen molar-refractivity contribution in [2.45, 2.75) is 18.9 Å². The van der Waals surface area contributed by atoms with E-state index in [2.05, 4.69) is 25.5 Å². The van der Waals surface area contributed by atoms with Crippen LogP contribution in [-0.4, -0.2) is 46.5 Å². The van der Waals surface area contributed by atoms with Crippen molar-refractivity contribution >= 4 is 28.7 Å². The van der Waals surface area contributed by atoms with E-state index in [4.69, 9.17) is 4.42 Å². The molecule has 138 valence electrons. The van der Waals surface area contributed by atoms with Gasteiger partial charge < -0.3 is 20.0 Å². The summed E-state index contributed by atoms with van der Waals surface area (Å²) in [6.45, 7) is 3.25. The van der Waals surface area contributed by atoms with Gasteiger partial charge in [-0.15, -0.1) is 0 Å². The Hall–Kier alpha value is -2.93. The highest BCUT2D eigenvalue weighted by molar-refractivity contribution is 6.04. The average Bonchev–Trinajstić information content (AvgIpc) is 3.12. The van der Waals surface area contributed by atoms with Gasteiger partial charge in [0.2, 0.25) is 0 Å². The molecule has 1 unspecified atom stereocenters. The molecule has 3 saturated heterocycles. The zero-order valence-corrected chi connectivity index (χ0v) is 14.9. The Bertz CT molecular complexity index is 963. The van der Waals surface area contributed by atoms with E-state index in [0.717, 1.165) is 25.3 Å². The van der Waals surface area contributed by atoms with Crippen LogP contribution in [0.15, 0.2) is 47.1 Å². The third-order valence-electron chi connectivity index (χ3n) is 5.57. The van der Waals surface area contributed by atoms with E-state index in [-0.39, 0.29) is 11.9 Å². The van der Waals surface area contributed by atoms with Gasteiger partial charge in [0.15, 0.2) is 5.58 Å². The molecule has 1 atom stereocenters. The molecule has 6 rings (SSSR count). The third kappa shape index (κ3) is 3.14. The van der Waals surface area contributed by atoms with Crippen molar-refractivity contribution in [3.8, 4) is 0 Å². The number of aromatic nitrogens is 2. The summed E-state index contributed by atoms with van der Waals surface area (Å²) in [5.74, 6) is 0.502. The molecule has 1 amide bonds. The molecule has 0 saturated carbocycles. The number of nitrogens with zero attached hydrogens (tertiary/aromatic N) is 3. The van der Waals surface area contributed by atoms with E-state index in [1.807, 2.05) is 24.3 Å². The fourth-order valence-corrected chi connectivity index (χ4v) is 4.12. The number of pyridine rings is 1. The Kier molecular flexibility index (Phi) is 4.01. The summed E-state index contributed by atoms with van der Waals surface area (Å²) in [6, 6.07) is 9.69. The number of piperidine rings is 3. The van der Waals surface area contributed by atoms with Crippen molar-refractivity contribution in [2.75, 3.05) is 25.0 Å². The number of hydrogen-bond donors (Lipinski definition) is 2. The number of amides is 1. The summed E-state index contributed by atoms with van der Waals surface area (Å²) in [5, 5.41) is 6.33. The molecule has 2 bridgehead atoms. The number of rotatable bonds is 4. The number of nitrogens with one attached hydrogen (secondary N) is 2. The van der Waals surface area contributed by atoms with Gasteiger partial charge in [-0.05, 0) is 56.1 Å². The maximum Gasteiger partial charge on any atom is 0.300 e. The smallest absolute Gasteiger partial charge is 0.300 e. The monoisotopic (exact) mass is 363 g/mol. The highest BCUT2D eigenvalue weighted by Gasteiger charge is 2.35. The SMILES string of the molecule is O=C(NC1CN2CCC1CC2)c1cccc2oc(Nc3ccncc3)nc12. The van der Waals surface area contributed by atoms with Gasteiger partial charge in [0, 0.05) is 30.7 Å². The maximum absolute atomic E-state index is 12.9. The molecule has 0 aliphatic carbocycles. The van der Waals surface area contributed by atoms with E-state index < -0.39 is 0 Å². The Morgan fingerprint density at radius 2 is 1.96 bits per heavy atom. The van der Waals surface area contributed by atoms with Crippen LogP contribution >= 0.6 is 0 Å². The topological polar surface area (TPSA) is 83.3 Å². The molecule has 3 aliphatic rings. The van der Waals surface area contributed by atoms with Crippen LogP contribution in [0.4, 0.5) is 11.7 Å². The van der Waals surface area contributed by atoms with Crippen LogP contribution < -0.4 is 10.6 Å². The number of carbonyl (C=O) groups excluding carboxylic acids is 1. The van der Waals surface area contributed by atoms with E-state index in [9.17, 15) is 4.79 Å². The molecule has 3 fully saturated rings. The second kappa shape index (κ2) is 6.66. The fraction of sp³-hybridized carbons (Fsp3) is 0.350. The first-order valence-corrected chi connectivity index (χ1v) is 9.36. The molecule has 27 heavy (non-hydrogen) atoms. The van der Waals surface area contributed by atoms with E-state index in [0.29, 0.717) is 28.6 Å². The second-order valence-electron chi connectivity index (χ2n) is 7.25. The molecule has 3 aliphatic heterocycles. The summed E-state index contributed by atoms with van der Waals surface area (Å²) in [5.41, 5.74) is 2.55. The first-order chi connectivity index (χ1) is 13.3. The first-order valence-electron chi connectivity index (χ1n) is 9.36. The van der Waals surface area contributed by atoms with Crippen LogP contribution in [0.1, 0.15) is 23.2 Å². The normalized spacial score (nSPS) is 24.1. The Balaban J connectivity index is 1.39. The summed E-state index contributed by atoms with van der Waals surface area (Å²) in [6.07, 6.45) is 5.72. The molecular weight excluding hydrogens is 342 g/mol. The lowest BCUT2D eigenvalue weighted by molar-refractivity contribution is 0.0621. The molecule has 1 aromatic carbocycles. The van der Waals surface area contributed by atoms with Crippen molar-refractivity contribution in [3.05, 3.63) is 48.3 Å². The number of benzene rings is 1. The minimum absolute atomic E-state index is 0.0805. The number of oxazole rings is 1. The van der Waals surface area contributed by atoms with Crippen molar-refractivity contribution in [1.82, 2.24) is 20.2 Å². The predicted octanol–water partition coefficient (Wildman–Crippen LogP) is 2.79. The van der Waals surface area contributed by atoms with Gasteiger partial charge in [-0.1, -0.05) is 6.07 Å². The zero-order chi connectivity index (χ0) is 18.2. The van der Waals surface area contributed by atoms with Crippen molar-refractivity contribution in [1.29, 1.82) is 0 Å². The van der Waals surface area contributed by atoms with E-state index in [1.54, 1.807) is 18.5 Å². The summed E-state index contributed by atoms with van der Waals surface area (Å²) in [4.78, 5) is 23.9. The molecule has 5 heterocycles. The fourth-order valence-electron chi connectivity index (χ4n) is 4.12. The van der Waals surface area contributed by atoms with Crippen LogP contribution in [0, 0.1) is 5.92 Å². The van der Waals surface area contributed by atoms with Crippen molar-refractivity contribution < 1.29 is 9.21 Å². The second-order valence-corrected chi connectivity index (χ2v) is 7.25. The van der Waals surface area contributed by atoms with Gasteiger partial charge in [0.1, 0.15) is 5.52 Å². The maximum atomic E-state index is 12.9. The van der Waals surface area contributed by atoms with Crippen LogP contribution in [0.25, 0.3) is 11.1 Å². The van der Waals surface area contributed by atoms with Crippen LogP contribution in [0.5, 0.6) is 0 Å². The Morgan fingerprint density at radius 1 is 1.15 bits per heavy atom. The van der Waals surface area contributed by atoms with Gasteiger partial charge in [-0.2, -0.15) is 4.98 Å². The predicted molar refractivity (Wildman–Crippen MR) is 102 cm³/mol.